The van der Waals surface area contributed by atoms with E-state index < -0.39 is 15.9 Å². The van der Waals surface area contributed by atoms with Gasteiger partial charge in [0.25, 0.3) is 0 Å². The summed E-state index contributed by atoms with van der Waals surface area (Å²) in [5, 5.41) is 0. The highest BCUT2D eigenvalue weighted by Gasteiger charge is 2.13. The number of carbonyl (C=O) groups is 1. The van der Waals surface area contributed by atoms with Gasteiger partial charge < -0.3 is 0 Å². The average Bonchev–Trinajstić information content (AvgIpc) is 2.56. The van der Waals surface area contributed by atoms with Crippen LogP contribution in [0.15, 0.2) is 65.6 Å². The molecule has 6 nitrogen and oxygen atoms in total. The summed E-state index contributed by atoms with van der Waals surface area (Å²) in [6.07, 6.45) is -0.0130. The van der Waals surface area contributed by atoms with Gasteiger partial charge in [0, 0.05) is 13.0 Å². The van der Waals surface area contributed by atoms with Crippen LogP contribution in [0.25, 0.3) is 0 Å². The van der Waals surface area contributed by atoms with Crippen LogP contribution in [0.3, 0.4) is 0 Å². The van der Waals surface area contributed by atoms with Gasteiger partial charge in [-0.15, -0.1) is 0 Å². The molecule has 7 heteroatoms. The van der Waals surface area contributed by atoms with Gasteiger partial charge in [-0.3, -0.25) is 9.63 Å². The van der Waals surface area contributed by atoms with Crippen molar-refractivity contribution in [2.45, 2.75) is 17.9 Å². The second kappa shape index (κ2) is 8.42. The zero-order chi connectivity index (χ0) is 16.5. The molecule has 122 valence electrons. The van der Waals surface area contributed by atoms with Crippen LogP contribution in [-0.4, -0.2) is 20.9 Å². The van der Waals surface area contributed by atoms with Crippen molar-refractivity contribution in [3.8, 4) is 0 Å². The molecule has 0 atom stereocenters. The largest absolute Gasteiger partial charge is 0.273 e. The summed E-state index contributed by atoms with van der Waals surface area (Å²) in [5.74, 6) is -0.392. The average molecular weight is 334 g/mol. The molecule has 0 aromatic heterocycles. The van der Waals surface area contributed by atoms with Crippen molar-refractivity contribution in [1.82, 2.24) is 10.2 Å². The third-order valence-corrected chi connectivity index (χ3v) is 4.44. The van der Waals surface area contributed by atoms with E-state index in [1.165, 1.54) is 12.1 Å². The molecular formula is C16H18N2O4S. The number of sulfonamides is 1. The van der Waals surface area contributed by atoms with E-state index in [2.05, 4.69) is 10.2 Å². The van der Waals surface area contributed by atoms with E-state index in [1.54, 1.807) is 18.2 Å². The van der Waals surface area contributed by atoms with Crippen molar-refractivity contribution in [2.75, 3.05) is 6.54 Å². The van der Waals surface area contributed by atoms with Crippen molar-refractivity contribution in [2.24, 2.45) is 0 Å². The zero-order valence-electron chi connectivity index (χ0n) is 12.4. The lowest BCUT2D eigenvalue weighted by Crippen LogP contribution is -2.30. The fraction of sp³-hybridized carbons (Fsp3) is 0.188. The van der Waals surface area contributed by atoms with Crippen LogP contribution in [0.5, 0.6) is 0 Å². The highest BCUT2D eigenvalue weighted by molar-refractivity contribution is 7.89. The predicted molar refractivity (Wildman–Crippen MR) is 85.6 cm³/mol. The minimum absolute atomic E-state index is 0.00222. The molecule has 0 radical (unpaired) electrons. The Hall–Kier alpha value is -2.22. The van der Waals surface area contributed by atoms with Crippen LogP contribution in [-0.2, 0) is 26.3 Å². The molecule has 0 aliphatic heterocycles. The van der Waals surface area contributed by atoms with E-state index in [9.17, 15) is 13.2 Å². The summed E-state index contributed by atoms with van der Waals surface area (Å²) in [6.45, 7) is 0.250. The first-order valence-electron chi connectivity index (χ1n) is 7.07. The fourth-order valence-electron chi connectivity index (χ4n) is 1.81. The third-order valence-electron chi connectivity index (χ3n) is 2.97. The lowest BCUT2D eigenvalue weighted by molar-refractivity contribution is -0.134. The SMILES string of the molecule is O=C(CCNS(=O)(=O)c1ccccc1)NOCc1ccccc1. The van der Waals surface area contributed by atoms with Crippen molar-refractivity contribution in [1.29, 1.82) is 0 Å². The molecule has 2 rings (SSSR count). The first-order chi connectivity index (χ1) is 11.1. The summed E-state index contributed by atoms with van der Waals surface area (Å²) < 4.78 is 26.2. The van der Waals surface area contributed by atoms with Crippen molar-refractivity contribution < 1.29 is 18.0 Å². The highest BCUT2D eigenvalue weighted by Crippen LogP contribution is 2.06. The second-order valence-corrected chi connectivity index (χ2v) is 6.53. The Bertz CT molecular complexity index is 718. The van der Waals surface area contributed by atoms with Gasteiger partial charge in [-0.25, -0.2) is 18.6 Å². The molecule has 0 aliphatic carbocycles. The van der Waals surface area contributed by atoms with Crippen LogP contribution >= 0.6 is 0 Å². The number of hydrogen-bond acceptors (Lipinski definition) is 4. The molecule has 0 fully saturated rings. The number of amides is 1. The number of carbonyl (C=O) groups excluding carboxylic acids is 1. The Balaban J connectivity index is 1.69. The van der Waals surface area contributed by atoms with E-state index >= 15 is 0 Å². The zero-order valence-corrected chi connectivity index (χ0v) is 13.3. The molecule has 0 saturated carbocycles. The van der Waals surface area contributed by atoms with E-state index in [-0.39, 0.29) is 24.5 Å². The van der Waals surface area contributed by atoms with Gasteiger partial charge in [0.2, 0.25) is 15.9 Å². The molecule has 0 saturated heterocycles. The smallest absolute Gasteiger partial charge is 0.244 e. The number of benzene rings is 2. The standard InChI is InChI=1S/C16H18N2O4S/c19-16(18-22-13-14-7-3-1-4-8-14)11-12-17-23(20,21)15-9-5-2-6-10-15/h1-10,17H,11-13H2,(H,18,19). The molecule has 2 aromatic carbocycles. The fourth-order valence-corrected chi connectivity index (χ4v) is 2.86. The Morgan fingerprint density at radius 1 is 0.957 bits per heavy atom. The number of hydrogen-bond donors (Lipinski definition) is 2. The van der Waals surface area contributed by atoms with Gasteiger partial charge in [0.15, 0.2) is 0 Å². The lowest BCUT2D eigenvalue weighted by Gasteiger charge is -2.08. The Kier molecular flexibility index (Phi) is 6.28. The predicted octanol–water partition coefficient (Wildman–Crippen LogP) is 1.60. The minimum Gasteiger partial charge on any atom is -0.273 e. The maximum atomic E-state index is 11.9. The van der Waals surface area contributed by atoms with Gasteiger partial charge in [-0.05, 0) is 17.7 Å². The van der Waals surface area contributed by atoms with E-state index in [1.807, 2.05) is 30.3 Å². The number of rotatable bonds is 8. The van der Waals surface area contributed by atoms with E-state index in [4.69, 9.17) is 4.84 Å². The molecule has 1 amide bonds. The van der Waals surface area contributed by atoms with Crippen molar-refractivity contribution in [3.05, 3.63) is 66.2 Å². The monoisotopic (exact) mass is 334 g/mol. The topological polar surface area (TPSA) is 84.5 Å². The quantitative estimate of drug-likeness (QED) is 0.718. The summed E-state index contributed by atoms with van der Waals surface area (Å²) in [7, 11) is -3.59. The first-order valence-corrected chi connectivity index (χ1v) is 8.55. The number of nitrogens with one attached hydrogen (secondary N) is 2. The molecule has 0 spiro atoms. The lowest BCUT2D eigenvalue weighted by atomic mass is 10.2. The number of hydroxylamine groups is 1. The van der Waals surface area contributed by atoms with Crippen LogP contribution in [0.4, 0.5) is 0 Å². The van der Waals surface area contributed by atoms with Gasteiger partial charge >= 0.3 is 0 Å². The molecule has 0 bridgehead atoms. The van der Waals surface area contributed by atoms with Crippen LogP contribution in [0, 0.1) is 0 Å². The highest BCUT2D eigenvalue weighted by atomic mass is 32.2. The summed E-state index contributed by atoms with van der Waals surface area (Å²) >= 11 is 0. The van der Waals surface area contributed by atoms with Gasteiger partial charge in [0.1, 0.15) is 0 Å². The molecular weight excluding hydrogens is 316 g/mol. The van der Waals surface area contributed by atoms with Gasteiger partial charge in [-0.1, -0.05) is 48.5 Å². The molecule has 2 aromatic rings. The van der Waals surface area contributed by atoms with E-state index in [0.29, 0.717) is 0 Å². The Labute approximate surface area is 135 Å². The molecule has 0 aliphatic rings. The normalized spacial score (nSPS) is 11.1. The van der Waals surface area contributed by atoms with Crippen LogP contribution in [0.1, 0.15) is 12.0 Å². The van der Waals surface area contributed by atoms with Crippen LogP contribution in [0.2, 0.25) is 0 Å². The van der Waals surface area contributed by atoms with Gasteiger partial charge in [-0.2, -0.15) is 0 Å². The van der Waals surface area contributed by atoms with Crippen LogP contribution < -0.4 is 10.2 Å². The van der Waals surface area contributed by atoms with E-state index in [0.717, 1.165) is 5.56 Å². The summed E-state index contributed by atoms with van der Waals surface area (Å²) in [4.78, 5) is 16.8. The summed E-state index contributed by atoms with van der Waals surface area (Å²) in [5.41, 5.74) is 3.21. The first kappa shape index (κ1) is 17.1. The Morgan fingerprint density at radius 3 is 2.22 bits per heavy atom. The molecule has 0 unspecified atom stereocenters. The van der Waals surface area contributed by atoms with Crippen molar-refractivity contribution in [3.63, 3.8) is 0 Å². The molecule has 23 heavy (non-hydrogen) atoms. The maximum Gasteiger partial charge on any atom is 0.244 e. The Morgan fingerprint density at radius 2 is 1.57 bits per heavy atom. The maximum absolute atomic E-state index is 11.9. The van der Waals surface area contributed by atoms with Gasteiger partial charge in [0.05, 0.1) is 11.5 Å². The second-order valence-electron chi connectivity index (χ2n) is 4.76. The molecule has 2 N–H and O–H groups in total. The minimum atomic E-state index is -3.59. The van der Waals surface area contributed by atoms with Crippen molar-refractivity contribution >= 4 is 15.9 Å². The summed E-state index contributed by atoms with van der Waals surface area (Å²) in [6, 6.07) is 17.4. The third kappa shape index (κ3) is 5.82. The molecule has 0 heterocycles.